The molecule has 27 heavy (non-hydrogen) atoms. The minimum Gasteiger partial charge on any atom is -0.497 e. The van der Waals surface area contributed by atoms with Crippen LogP contribution in [0, 0.1) is 12.3 Å². The van der Waals surface area contributed by atoms with Gasteiger partial charge in [0.15, 0.2) is 0 Å². The molecule has 6 nitrogen and oxygen atoms in total. The number of nitrogens with zero attached hydrogens (tertiary/aromatic N) is 4. The summed E-state index contributed by atoms with van der Waals surface area (Å²) in [5, 5.41) is 8.63. The number of ether oxygens (including phenoxy) is 1. The third-order valence-corrected chi connectivity index (χ3v) is 6.37. The molecule has 1 aromatic heterocycles. The molecule has 1 aliphatic heterocycles. The lowest BCUT2D eigenvalue weighted by Gasteiger charge is -2.42. The van der Waals surface area contributed by atoms with Gasteiger partial charge in [0.25, 0.3) is 5.91 Å². The topological polar surface area (TPSA) is 60.2 Å². The Morgan fingerprint density at radius 2 is 2.19 bits per heavy atom. The number of rotatable bonds is 5. The Morgan fingerprint density at radius 3 is 2.81 bits per heavy atom. The number of hydrogen-bond donors (Lipinski definition) is 0. The van der Waals surface area contributed by atoms with Gasteiger partial charge in [-0.3, -0.25) is 4.79 Å². The van der Waals surface area contributed by atoms with Crippen LogP contribution >= 0.6 is 0 Å². The zero-order chi connectivity index (χ0) is 19.0. The maximum absolute atomic E-state index is 13.3. The normalized spacial score (nSPS) is 20.7. The van der Waals surface area contributed by atoms with E-state index in [0.717, 1.165) is 48.8 Å². The van der Waals surface area contributed by atoms with Crippen LogP contribution < -0.4 is 4.74 Å². The van der Waals surface area contributed by atoms with Crippen molar-refractivity contribution < 1.29 is 9.53 Å². The molecule has 2 heterocycles. The molecule has 4 rings (SSSR count). The maximum atomic E-state index is 13.3. The highest BCUT2D eigenvalue weighted by Crippen LogP contribution is 2.55. The van der Waals surface area contributed by atoms with Gasteiger partial charge in [-0.2, -0.15) is 0 Å². The van der Waals surface area contributed by atoms with Crippen LogP contribution in [0.1, 0.15) is 60.3 Å². The third-order valence-electron chi connectivity index (χ3n) is 6.37. The summed E-state index contributed by atoms with van der Waals surface area (Å²) in [5.74, 6) is 2.23. The van der Waals surface area contributed by atoms with Crippen molar-refractivity contribution in [1.82, 2.24) is 19.7 Å². The van der Waals surface area contributed by atoms with Crippen LogP contribution in [0.25, 0.3) is 0 Å². The van der Waals surface area contributed by atoms with Crippen molar-refractivity contribution in [2.45, 2.75) is 52.0 Å². The summed E-state index contributed by atoms with van der Waals surface area (Å²) in [6.07, 6.45) is 6.47. The minimum atomic E-state index is 0.116. The van der Waals surface area contributed by atoms with E-state index in [1.54, 1.807) is 7.11 Å². The molecule has 1 aliphatic carbocycles. The monoisotopic (exact) mass is 368 g/mol. The van der Waals surface area contributed by atoms with Gasteiger partial charge in [-0.25, -0.2) is 0 Å². The Balaban J connectivity index is 1.61. The first-order chi connectivity index (χ1) is 13.1. The molecule has 2 aromatic rings. The second kappa shape index (κ2) is 6.98. The summed E-state index contributed by atoms with van der Waals surface area (Å²) in [6, 6.07) is 5.68. The molecule has 2 fully saturated rings. The van der Waals surface area contributed by atoms with Gasteiger partial charge in [-0.15, -0.1) is 10.2 Å². The van der Waals surface area contributed by atoms with Crippen LogP contribution in [0.15, 0.2) is 24.5 Å². The SMILES string of the molecule is CCCn1cnnc1C1CN(C(=O)c2ccc(OC)cc2C)CC12CCC2. The van der Waals surface area contributed by atoms with Crippen molar-refractivity contribution in [3.05, 3.63) is 41.5 Å². The highest BCUT2D eigenvalue weighted by Gasteiger charge is 2.53. The molecule has 144 valence electrons. The molecule has 0 bridgehead atoms. The standard InChI is InChI=1S/C21H28N4O2/c1-4-10-24-14-22-23-19(24)18-12-25(13-21(18)8-5-9-21)20(26)17-7-6-16(27-3)11-15(17)2/h6-7,11,14,18H,4-5,8-10,12-13H2,1-3H3. The van der Waals surface area contributed by atoms with Crippen LogP contribution in [0.2, 0.25) is 0 Å². The molecule has 1 spiro atoms. The fourth-order valence-electron chi connectivity index (χ4n) is 4.74. The number of amides is 1. The van der Waals surface area contributed by atoms with Gasteiger partial charge >= 0.3 is 0 Å². The van der Waals surface area contributed by atoms with E-state index >= 15 is 0 Å². The van der Waals surface area contributed by atoms with Crippen molar-refractivity contribution in [1.29, 1.82) is 0 Å². The van der Waals surface area contributed by atoms with E-state index < -0.39 is 0 Å². The highest BCUT2D eigenvalue weighted by atomic mass is 16.5. The van der Waals surface area contributed by atoms with Crippen molar-refractivity contribution in [3.8, 4) is 5.75 Å². The Labute approximate surface area is 160 Å². The average Bonchev–Trinajstić information content (AvgIpc) is 3.25. The van der Waals surface area contributed by atoms with Crippen LogP contribution in [-0.4, -0.2) is 45.8 Å². The number of carbonyl (C=O) groups excluding carboxylic acids is 1. The zero-order valence-corrected chi connectivity index (χ0v) is 16.4. The quantitative estimate of drug-likeness (QED) is 0.811. The van der Waals surface area contributed by atoms with Crippen molar-refractivity contribution in [2.24, 2.45) is 5.41 Å². The largest absolute Gasteiger partial charge is 0.497 e. The first kappa shape index (κ1) is 18.0. The van der Waals surface area contributed by atoms with Crippen molar-refractivity contribution in [2.75, 3.05) is 20.2 Å². The number of likely N-dealkylation sites (tertiary alicyclic amines) is 1. The second-order valence-electron chi connectivity index (χ2n) is 8.02. The number of methoxy groups -OCH3 is 1. The first-order valence-electron chi connectivity index (χ1n) is 9.89. The number of aromatic nitrogens is 3. The van der Waals surface area contributed by atoms with E-state index in [9.17, 15) is 4.79 Å². The van der Waals surface area contributed by atoms with Crippen LogP contribution in [0.3, 0.4) is 0 Å². The lowest BCUT2D eigenvalue weighted by molar-refractivity contribution is 0.0722. The molecule has 0 N–H and O–H groups in total. The Hall–Kier alpha value is -2.37. The molecule has 2 aliphatic rings. The van der Waals surface area contributed by atoms with Crippen molar-refractivity contribution >= 4 is 5.91 Å². The Kier molecular flexibility index (Phi) is 4.66. The summed E-state index contributed by atoms with van der Waals surface area (Å²) >= 11 is 0. The molecule has 1 amide bonds. The predicted octanol–water partition coefficient (Wildman–Crippen LogP) is 3.42. The summed E-state index contributed by atoms with van der Waals surface area (Å²) in [6.45, 7) is 6.62. The molecular weight excluding hydrogens is 340 g/mol. The summed E-state index contributed by atoms with van der Waals surface area (Å²) < 4.78 is 7.45. The fourth-order valence-corrected chi connectivity index (χ4v) is 4.74. The van der Waals surface area contributed by atoms with E-state index in [-0.39, 0.29) is 17.2 Å². The molecule has 1 aromatic carbocycles. The zero-order valence-electron chi connectivity index (χ0n) is 16.4. The van der Waals surface area contributed by atoms with Crippen molar-refractivity contribution in [3.63, 3.8) is 0 Å². The van der Waals surface area contributed by atoms with Gasteiger partial charge < -0.3 is 14.2 Å². The minimum absolute atomic E-state index is 0.116. The van der Waals surface area contributed by atoms with E-state index in [1.165, 1.54) is 19.3 Å². The predicted molar refractivity (Wildman–Crippen MR) is 103 cm³/mol. The van der Waals surface area contributed by atoms with Crippen LogP contribution in [0.5, 0.6) is 5.75 Å². The van der Waals surface area contributed by atoms with E-state index in [1.807, 2.05) is 36.4 Å². The van der Waals surface area contributed by atoms with Gasteiger partial charge in [0, 0.05) is 31.1 Å². The lowest BCUT2D eigenvalue weighted by Crippen LogP contribution is -2.38. The molecule has 1 saturated carbocycles. The number of benzene rings is 1. The third kappa shape index (κ3) is 3.01. The molecule has 0 radical (unpaired) electrons. The molecule has 1 saturated heterocycles. The van der Waals surface area contributed by atoms with Crippen LogP contribution in [-0.2, 0) is 6.54 Å². The van der Waals surface area contributed by atoms with E-state index in [0.29, 0.717) is 0 Å². The molecule has 6 heteroatoms. The van der Waals surface area contributed by atoms with Gasteiger partial charge in [-0.1, -0.05) is 13.3 Å². The van der Waals surface area contributed by atoms with Gasteiger partial charge in [0.1, 0.15) is 17.9 Å². The molecule has 1 atom stereocenters. The maximum Gasteiger partial charge on any atom is 0.254 e. The molecular formula is C21H28N4O2. The van der Waals surface area contributed by atoms with E-state index in [2.05, 4.69) is 21.7 Å². The first-order valence-corrected chi connectivity index (χ1v) is 9.89. The second-order valence-corrected chi connectivity index (χ2v) is 8.02. The van der Waals surface area contributed by atoms with E-state index in [4.69, 9.17) is 4.74 Å². The highest BCUT2D eigenvalue weighted by molar-refractivity contribution is 5.96. The summed E-state index contributed by atoms with van der Waals surface area (Å²) in [7, 11) is 1.65. The smallest absolute Gasteiger partial charge is 0.254 e. The Bertz CT molecular complexity index is 840. The van der Waals surface area contributed by atoms with Gasteiger partial charge in [-0.05, 0) is 55.4 Å². The summed E-state index contributed by atoms with van der Waals surface area (Å²) in [5.41, 5.74) is 1.90. The lowest BCUT2D eigenvalue weighted by atomic mass is 9.62. The summed E-state index contributed by atoms with van der Waals surface area (Å²) in [4.78, 5) is 15.3. The average molecular weight is 368 g/mol. The van der Waals surface area contributed by atoms with Crippen LogP contribution in [0.4, 0.5) is 0 Å². The fraction of sp³-hybridized carbons (Fsp3) is 0.571. The number of carbonyl (C=O) groups is 1. The number of hydrogen-bond acceptors (Lipinski definition) is 4. The van der Waals surface area contributed by atoms with Gasteiger partial charge in [0.05, 0.1) is 7.11 Å². The molecule has 1 unspecified atom stereocenters. The number of aryl methyl sites for hydroxylation is 2. The Morgan fingerprint density at radius 1 is 1.37 bits per heavy atom. The van der Waals surface area contributed by atoms with Gasteiger partial charge in [0.2, 0.25) is 0 Å².